The maximum absolute atomic E-state index is 15.6. The van der Waals surface area contributed by atoms with Gasteiger partial charge in [-0.1, -0.05) is 120 Å². The lowest BCUT2D eigenvalue weighted by atomic mass is 9.76. The maximum Gasteiger partial charge on any atom is 0.246 e. The molecule has 0 radical (unpaired) electrons. The number of aliphatic hydroxyl groups is 1. The number of nitrogens with two attached hydrogens (primary N) is 1. The molecule has 14 N–H and O–H groups in total. The first-order valence-electron chi connectivity index (χ1n) is 37.3. The van der Waals surface area contributed by atoms with E-state index >= 15 is 19.2 Å². The van der Waals surface area contributed by atoms with Crippen molar-refractivity contribution in [2.45, 2.75) is 271 Å². The van der Waals surface area contributed by atoms with Crippen molar-refractivity contribution >= 4 is 93.1 Å². The molecule has 27 nitrogen and oxygen atoms in total. The molecule has 1 saturated carbocycles. The number of H-pyrrole nitrogens is 1. The van der Waals surface area contributed by atoms with Crippen molar-refractivity contribution in [2.24, 2.45) is 35.3 Å². The van der Waals surface area contributed by atoms with Crippen molar-refractivity contribution in [3.05, 3.63) is 84.1 Å². The maximum atomic E-state index is 15.6. The number of aromatic nitrogens is 1. The number of hydrogen-bond donors (Lipinski definition) is 13. The van der Waals surface area contributed by atoms with Gasteiger partial charge in [0.05, 0.1) is 23.7 Å². The number of rotatable bonds is 31. The smallest absolute Gasteiger partial charge is 0.246 e. The molecule has 10 amide bonds. The molecular formula is C78H116N12O15. The van der Waals surface area contributed by atoms with E-state index in [1.54, 1.807) is 57.3 Å². The Balaban J connectivity index is 1.38. The molecule has 5 rings (SSSR count). The van der Waals surface area contributed by atoms with E-state index in [2.05, 4.69) is 58.2 Å². The summed E-state index contributed by atoms with van der Waals surface area (Å²) in [6.07, 6.45) is 11.9. The zero-order valence-corrected chi connectivity index (χ0v) is 63.4. The van der Waals surface area contributed by atoms with Crippen LogP contribution in [0.25, 0.3) is 10.9 Å². The summed E-state index contributed by atoms with van der Waals surface area (Å²) in [4.78, 5) is 197. The Bertz CT molecular complexity index is 3550. The second kappa shape index (κ2) is 41.6. The second-order valence-electron chi connectivity index (χ2n) is 30.0. The number of aromatic amines is 1. The lowest BCUT2D eigenvalue weighted by Gasteiger charge is -2.35. The number of amides is 10. The Labute approximate surface area is 617 Å². The Morgan fingerprint density at radius 2 is 1.19 bits per heavy atom. The van der Waals surface area contributed by atoms with E-state index in [4.69, 9.17) is 5.73 Å². The average Bonchev–Trinajstić information content (AvgIpc) is 1.62. The van der Waals surface area contributed by atoms with Gasteiger partial charge in [-0.3, -0.25) is 67.1 Å². The van der Waals surface area contributed by atoms with E-state index in [-0.39, 0.29) is 75.5 Å². The first-order valence-corrected chi connectivity index (χ1v) is 37.3. The Kier molecular flexibility index (Phi) is 34.4. The molecule has 105 heavy (non-hydrogen) atoms. The number of Topliss-reactive ketones (excluding diaryl/α,β-unsaturated/α-hetero) is 4. The summed E-state index contributed by atoms with van der Waals surface area (Å²) in [6, 6.07) is 6.45. The monoisotopic (exact) mass is 1460 g/mol. The highest BCUT2D eigenvalue weighted by molar-refractivity contribution is 6.41. The molecule has 0 spiro atoms. The van der Waals surface area contributed by atoms with Gasteiger partial charge >= 0.3 is 0 Å². The number of fused-ring (bicyclic) bond motifs is 1. The van der Waals surface area contributed by atoms with Gasteiger partial charge in [-0.05, 0) is 149 Å². The van der Waals surface area contributed by atoms with E-state index in [1.165, 1.54) is 48.5 Å². The molecule has 1 aromatic heterocycles. The molecule has 3 aromatic rings. The summed E-state index contributed by atoms with van der Waals surface area (Å²) in [5, 5.41) is 38.9. The van der Waals surface area contributed by atoms with Gasteiger partial charge in [0, 0.05) is 67.6 Å². The van der Waals surface area contributed by atoms with Gasteiger partial charge in [0.2, 0.25) is 70.6 Å². The molecule has 1 fully saturated rings. The SMILES string of the molecule is CC(=O)N[C@@H](CC(C)C)C(=O)N[C@H](C(=O)N[C@@H](Cc1ccccc1)C(=O)N[C@]1(C)CCCCCC/C=C/CCC[C@@](C)(C(=O)NC(C)C(=O)N[C@@H](C)C(=O)NC(C)C(=O)N[C@@H](C)C(=O)C(=O)[C@H](C)NC[C@H](C)C(N)=O)NC(=O)[C@H](CC2CCC2)CCC(=O)[C@H](Cc2c[nH]c3ccccc23)CC1=O)[C@@H](C)O. The third-order valence-electron chi connectivity index (χ3n) is 20.1. The van der Waals surface area contributed by atoms with Crippen LogP contribution in [0, 0.1) is 29.6 Å². The number of allylic oxidation sites excluding steroid dienone is 2. The highest BCUT2D eigenvalue weighted by atomic mass is 16.3. The van der Waals surface area contributed by atoms with Crippen molar-refractivity contribution in [1.29, 1.82) is 0 Å². The van der Waals surface area contributed by atoms with Crippen LogP contribution in [0.3, 0.4) is 0 Å². The summed E-state index contributed by atoms with van der Waals surface area (Å²) in [5.41, 5.74) is 4.30. The van der Waals surface area contributed by atoms with Crippen molar-refractivity contribution in [1.82, 2.24) is 58.2 Å². The molecule has 14 atom stereocenters. The highest BCUT2D eigenvalue weighted by Crippen LogP contribution is 2.35. The highest BCUT2D eigenvalue weighted by Gasteiger charge is 2.43. The van der Waals surface area contributed by atoms with Gasteiger partial charge in [-0.25, -0.2) is 0 Å². The number of carbonyl (C=O) groups is 14. The minimum absolute atomic E-state index is 0.0359. The van der Waals surface area contributed by atoms with Crippen molar-refractivity contribution < 1.29 is 72.2 Å². The number of hydrogen-bond acceptors (Lipinski definition) is 16. The molecule has 27 heteroatoms. The Hall–Kier alpha value is -8.98. The second-order valence-corrected chi connectivity index (χ2v) is 30.0. The summed E-state index contributed by atoms with van der Waals surface area (Å²) in [6.45, 7) is 18.0. The molecule has 2 unspecified atom stereocenters. The molecular weight excluding hydrogens is 1340 g/mol. The number of nitrogens with one attached hydrogen (secondary N) is 11. The first kappa shape index (κ1) is 86.7. The number of benzene rings is 2. The number of ketones is 4. The van der Waals surface area contributed by atoms with Crippen molar-refractivity contribution in [2.75, 3.05) is 6.54 Å². The first-order chi connectivity index (χ1) is 49.5. The van der Waals surface area contributed by atoms with Gasteiger partial charge in [-0.2, -0.15) is 0 Å². The third kappa shape index (κ3) is 27.5. The standard InChI is InChI=1S/C78H116N12O15/c1-45(2)38-61(86-53(10)92)73(102)88-65(52(9)91)75(104)87-62(40-55-28-21-20-22-29-55)74(103)90-77(11)36-25-18-16-14-13-15-17-19-26-37-78(12,89-72(101)56(39-54-30-27-31-54)34-35-63(93)57(42-64(77)94)41-58-44-81-60-33-24-23-32-59(58)60)76(105)85-51(8)71(100)84-50(7)70(99)83-49(6)69(98)82-48(5)67(96)66(95)47(4)80-43-46(3)68(79)97/h15,17,20-24,28-29,32-33,44-52,54,56-57,61-62,65,80-81,91H,13-14,16,18-19,25-27,30-31,34-43H2,1-12H3,(H2,79,97)(H,82,98)(H,83,99)(H,84,100)(H,85,105)(H,86,92)(H,87,104)(H,88,102)(H,89,101)(H,90,103)/b17-15+/t46-,47-,48-,49?,50-,51?,52+,56-,57+,61-,62-,65-,77+,78-/m0/s1. The molecule has 1 aliphatic carbocycles. The van der Waals surface area contributed by atoms with Crippen LogP contribution in [0.5, 0.6) is 0 Å². The van der Waals surface area contributed by atoms with E-state index in [0.717, 1.165) is 48.6 Å². The van der Waals surface area contributed by atoms with Crippen molar-refractivity contribution in [3.63, 3.8) is 0 Å². The number of para-hydroxylation sites is 1. The van der Waals surface area contributed by atoms with E-state index in [0.29, 0.717) is 44.1 Å². The molecule has 1 aliphatic heterocycles. The van der Waals surface area contributed by atoms with Gasteiger partial charge in [0.15, 0.2) is 5.78 Å². The Morgan fingerprint density at radius 3 is 1.79 bits per heavy atom. The minimum atomic E-state index is -1.61. The average molecular weight is 1460 g/mol. The predicted molar refractivity (Wildman–Crippen MR) is 398 cm³/mol. The molecule has 578 valence electrons. The fourth-order valence-corrected chi connectivity index (χ4v) is 13.0. The number of aliphatic hydroxyl groups excluding tert-OH is 1. The minimum Gasteiger partial charge on any atom is -0.391 e. The zero-order valence-electron chi connectivity index (χ0n) is 63.4. The molecule has 2 aromatic carbocycles. The van der Waals surface area contributed by atoms with Crippen LogP contribution in [0.4, 0.5) is 0 Å². The van der Waals surface area contributed by atoms with Crippen LogP contribution in [-0.2, 0) is 80.0 Å². The van der Waals surface area contributed by atoms with Crippen LogP contribution < -0.4 is 58.9 Å². The van der Waals surface area contributed by atoms with Crippen LogP contribution in [0.1, 0.15) is 203 Å². The van der Waals surface area contributed by atoms with Gasteiger partial charge in [0.1, 0.15) is 47.6 Å². The van der Waals surface area contributed by atoms with Crippen LogP contribution in [-0.4, -0.2) is 164 Å². The fourth-order valence-electron chi connectivity index (χ4n) is 13.0. The fraction of sp³-hybridized carbons (Fsp3) is 0.615. The summed E-state index contributed by atoms with van der Waals surface area (Å²) >= 11 is 0. The third-order valence-corrected chi connectivity index (χ3v) is 20.1. The summed E-state index contributed by atoms with van der Waals surface area (Å²) < 4.78 is 0. The van der Waals surface area contributed by atoms with E-state index in [9.17, 15) is 53.1 Å². The molecule has 2 heterocycles. The van der Waals surface area contributed by atoms with Crippen LogP contribution >= 0.6 is 0 Å². The normalized spacial score (nSPS) is 22.2. The number of carbonyl (C=O) groups excluding carboxylic acids is 14. The zero-order chi connectivity index (χ0) is 77.9. The quantitative estimate of drug-likeness (QED) is 0.0307. The molecule has 0 saturated heterocycles. The van der Waals surface area contributed by atoms with Gasteiger partial charge < -0.3 is 69.0 Å². The predicted octanol–water partition coefficient (Wildman–Crippen LogP) is 4.67. The lowest BCUT2D eigenvalue weighted by molar-refractivity contribution is -0.140. The van der Waals surface area contributed by atoms with Crippen molar-refractivity contribution in [3.8, 4) is 0 Å². The van der Waals surface area contributed by atoms with E-state index in [1.807, 2.05) is 50.3 Å². The molecule has 2 aliphatic rings. The largest absolute Gasteiger partial charge is 0.391 e. The molecule has 0 bridgehead atoms. The summed E-state index contributed by atoms with van der Waals surface area (Å²) in [7, 11) is 0. The summed E-state index contributed by atoms with van der Waals surface area (Å²) in [5.74, 6) is -11.7. The van der Waals surface area contributed by atoms with Gasteiger partial charge in [0.25, 0.3) is 0 Å². The Morgan fingerprint density at radius 1 is 0.600 bits per heavy atom. The van der Waals surface area contributed by atoms with Crippen LogP contribution in [0.2, 0.25) is 0 Å². The number of primary amides is 1. The van der Waals surface area contributed by atoms with Gasteiger partial charge in [-0.15, -0.1) is 0 Å². The van der Waals surface area contributed by atoms with Crippen LogP contribution in [0.15, 0.2) is 72.9 Å². The van der Waals surface area contributed by atoms with E-state index < -0.39 is 160 Å². The topological polar surface area (TPSA) is 421 Å². The lowest BCUT2D eigenvalue weighted by Crippen LogP contribution is -2.62.